The monoisotopic (exact) mass is 673 g/mol. The molecular weight excluding hydrogens is 662 g/mol. The molecule has 5 nitrogen and oxygen atoms in total. The van der Waals surface area contributed by atoms with Crippen LogP contribution >= 0.6 is 67.8 Å². The van der Waals surface area contributed by atoms with Gasteiger partial charge in [-0.1, -0.05) is 12.1 Å². The molecule has 0 aliphatic heterocycles. The number of carbonyl (C=O) groups is 1. The van der Waals surface area contributed by atoms with E-state index >= 15 is 0 Å². The molecule has 0 fully saturated rings. The summed E-state index contributed by atoms with van der Waals surface area (Å²) in [5, 5.41) is 20.1. The predicted octanol–water partition coefficient (Wildman–Crippen LogP) is 0.325. The molecule has 9 heteroatoms. The molecule has 2 rings (SSSR count). The zero-order chi connectivity index (χ0) is 17.1. The largest absolute Gasteiger partial charge is 1.00 e. The van der Waals surface area contributed by atoms with Gasteiger partial charge in [0.05, 0.1) is 3.57 Å². The van der Waals surface area contributed by atoms with Crippen LogP contribution in [0.15, 0.2) is 30.3 Å². The van der Waals surface area contributed by atoms with Gasteiger partial charge >= 0.3 is 35.5 Å². The molecule has 0 unspecified atom stereocenters. The van der Waals surface area contributed by atoms with Gasteiger partial charge in [0.15, 0.2) is 0 Å². The molecule has 2 aromatic carbocycles. The van der Waals surface area contributed by atoms with Gasteiger partial charge in [-0.15, -0.1) is 5.75 Å². The van der Waals surface area contributed by atoms with E-state index in [0.717, 1.165) is 16.3 Å². The molecule has 122 valence electrons. The quantitative estimate of drug-likeness (QED) is 0.271. The van der Waals surface area contributed by atoms with Crippen molar-refractivity contribution in [3.8, 4) is 17.2 Å². The third-order valence-corrected chi connectivity index (χ3v) is 7.27. The molecular formula is C15H11I3NNaO4. The smallest absolute Gasteiger partial charge is 0.872 e. The molecule has 0 saturated carbocycles. The summed E-state index contributed by atoms with van der Waals surface area (Å²) in [5.41, 5.74) is 6.54. The van der Waals surface area contributed by atoms with E-state index in [4.69, 9.17) is 15.6 Å². The van der Waals surface area contributed by atoms with Crippen LogP contribution in [0.3, 0.4) is 0 Å². The SMILES string of the molecule is N[C@@H](Cc1c(I)cc(Oc2ccc([O-])cc2)c(I)c1I)C(=O)O.[Na+]. The number of halogens is 3. The summed E-state index contributed by atoms with van der Waals surface area (Å²) in [6, 6.07) is 7.03. The summed E-state index contributed by atoms with van der Waals surface area (Å²) in [4.78, 5) is 11.0. The Bertz CT molecular complexity index is 740. The van der Waals surface area contributed by atoms with E-state index in [1.807, 2.05) is 6.07 Å². The van der Waals surface area contributed by atoms with Crippen molar-refractivity contribution in [1.29, 1.82) is 0 Å². The number of benzene rings is 2. The Morgan fingerprint density at radius 2 is 1.79 bits per heavy atom. The summed E-state index contributed by atoms with van der Waals surface area (Å²) in [6.07, 6.45) is 0.257. The number of carboxylic acid groups (broad SMARTS) is 1. The zero-order valence-electron chi connectivity index (χ0n) is 12.6. The summed E-state index contributed by atoms with van der Waals surface area (Å²) in [7, 11) is 0. The van der Waals surface area contributed by atoms with E-state index in [2.05, 4.69) is 67.8 Å². The van der Waals surface area contributed by atoms with Crippen LogP contribution in [-0.4, -0.2) is 17.1 Å². The molecule has 0 bridgehead atoms. The van der Waals surface area contributed by atoms with Gasteiger partial charge in [-0.3, -0.25) is 4.79 Å². The molecule has 0 heterocycles. The first-order chi connectivity index (χ1) is 10.8. The zero-order valence-corrected chi connectivity index (χ0v) is 21.0. The van der Waals surface area contributed by atoms with Crippen molar-refractivity contribution in [3.63, 3.8) is 0 Å². The van der Waals surface area contributed by atoms with Crippen LogP contribution in [0.25, 0.3) is 0 Å². The minimum Gasteiger partial charge on any atom is -0.872 e. The first kappa shape index (κ1) is 22.7. The molecule has 0 saturated heterocycles. The van der Waals surface area contributed by atoms with Crippen molar-refractivity contribution in [2.75, 3.05) is 0 Å². The normalized spacial score (nSPS) is 11.5. The van der Waals surface area contributed by atoms with Crippen molar-refractivity contribution in [1.82, 2.24) is 0 Å². The topological polar surface area (TPSA) is 95.6 Å². The van der Waals surface area contributed by atoms with Gasteiger partial charge < -0.3 is 20.7 Å². The fraction of sp³-hybridized carbons (Fsp3) is 0.133. The van der Waals surface area contributed by atoms with E-state index in [1.165, 1.54) is 12.1 Å². The molecule has 24 heavy (non-hydrogen) atoms. The molecule has 3 N–H and O–H groups in total. The molecule has 0 aliphatic rings. The van der Waals surface area contributed by atoms with Crippen LogP contribution in [-0.2, 0) is 11.2 Å². The van der Waals surface area contributed by atoms with E-state index in [0.29, 0.717) is 11.5 Å². The molecule has 0 amide bonds. The average Bonchev–Trinajstić information content (AvgIpc) is 2.50. The molecule has 2 aromatic rings. The van der Waals surface area contributed by atoms with E-state index in [9.17, 15) is 9.90 Å². The fourth-order valence-electron chi connectivity index (χ4n) is 1.81. The first-order valence-corrected chi connectivity index (χ1v) is 9.63. The van der Waals surface area contributed by atoms with Gasteiger partial charge in [0.1, 0.15) is 17.5 Å². The molecule has 0 aliphatic carbocycles. The Kier molecular flexibility index (Phi) is 9.57. The second-order valence-electron chi connectivity index (χ2n) is 4.69. The average molecular weight is 673 g/mol. The maximum atomic E-state index is 11.1. The number of aliphatic carboxylic acids is 1. The van der Waals surface area contributed by atoms with Crippen molar-refractivity contribution < 1.29 is 49.3 Å². The Labute approximate surface area is 202 Å². The second kappa shape index (κ2) is 10.1. The van der Waals surface area contributed by atoms with Crippen molar-refractivity contribution in [2.45, 2.75) is 12.5 Å². The van der Waals surface area contributed by atoms with Crippen LogP contribution in [0.5, 0.6) is 17.2 Å². The third-order valence-electron chi connectivity index (χ3n) is 3.01. The number of ether oxygens (including phenoxy) is 1. The van der Waals surface area contributed by atoms with Crippen LogP contribution in [0, 0.1) is 10.7 Å². The van der Waals surface area contributed by atoms with Crippen molar-refractivity contribution in [2.24, 2.45) is 5.73 Å². The fourth-order valence-corrected chi connectivity index (χ4v) is 4.47. The van der Waals surface area contributed by atoms with E-state index in [-0.39, 0.29) is 41.7 Å². The molecule has 1 atom stereocenters. The number of nitrogens with two attached hydrogens (primary N) is 1. The summed E-state index contributed by atoms with van der Waals surface area (Å²) >= 11 is 6.48. The molecule has 0 aromatic heterocycles. The van der Waals surface area contributed by atoms with Crippen molar-refractivity contribution >= 4 is 73.7 Å². The van der Waals surface area contributed by atoms with Gasteiger partial charge in [-0.05, 0) is 91.5 Å². The van der Waals surface area contributed by atoms with E-state index < -0.39 is 12.0 Å². The Hall–Kier alpha value is 0.660. The maximum Gasteiger partial charge on any atom is 1.00 e. The van der Waals surface area contributed by atoms with Crippen LogP contribution in [0.2, 0.25) is 0 Å². The minimum absolute atomic E-state index is 0. The summed E-state index contributed by atoms with van der Waals surface area (Å²) in [5.74, 6) is 0.133. The van der Waals surface area contributed by atoms with Gasteiger partial charge in [0, 0.05) is 13.6 Å². The van der Waals surface area contributed by atoms with Crippen molar-refractivity contribution in [3.05, 3.63) is 46.6 Å². The summed E-state index contributed by atoms with van der Waals surface area (Å²) in [6.45, 7) is 0. The van der Waals surface area contributed by atoms with Crippen LogP contribution in [0.4, 0.5) is 0 Å². The number of rotatable bonds is 5. The van der Waals surface area contributed by atoms with Gasteiger partial charge in [0.2, 0.25) is 0 Å². The first-order valence-electron chi connectivity index (χ1n) is 6.39. The van der Waals surface area contributed by atoms with Gasteiger partial charge in [0.25, 0.3) is 0 Å². The molecule has 0 radical (unpaired) electrons. The number of carboxylic acids is 1. The number of hydrogen-bond acceptors (Lipinski definition) is 4. The van der Waals surface area contributed by atoms with Crippen LogP contribution < -0.4 is 45.1 Å². The van der Waals surface area contributed by atoms with Gasteiger partial charge in [-0.25, -0.2) is 0 Å². The van der Waals surface area contributed by atoms with E-state index in [1.54, 1.807) is 12.1 Å². The van der Waals surface area contributed by atoms with Crippen LogP contribution in [0.1, 0.15) is 5.56 Å². The van der Waals surface area contributed by atoms with Gasteiger partial charge in [-0.2, -0.15) is 0 Å². The Morgan fingerprint density at radius 3 is 2.33 bits per heavy atom. The minimum atomic E-state index is -1.02. The summed E-state index contributed by atoms with van der Waals surface area (Å²) < 4.78 is 8.51. The third kappa shape index (κ3) is 5.84. The predicted molar refractivity (Wildman–Crippen MR) is 110 cm³/mol. The Morgan fingerprint density at radius 1 is 1.21 bits per heavy atom. The Balaban J connectivity index is 0.00000288. The maximum absolute atomic E-state index is 11.1. The standard InChI is InChI=1S/C15H12I3NO4.Na/c16-10-6-12(23-8-3-1-7(20)2-4-8)14(18)13(17)9(10)5-11(19)15(21)22;/h1-4,6,11,20H,5,19H2,(H,21,22);/q;+1/p-1/t11-;/m0./s1. The second-order valence-corrected chi connectivity index (χ2v) is 8.01. The number of hydrogen-bond donors (Lipinski definition) is 2. The molecule has 0 spiro atoms.